The highest BCUT2D eigenvalue weighted by atomic mass is 16.2. The van der Waals surface area contributed by atoms with Crippen LogP contribution in [0.3, 0.4) is 0 Å². The van der Waals surface area contributed by atoms with E-state index in [0.29, 0.717) is 29.9 Å². The molecule has 1 heterocycles. The van der Waals surface area contributed by atoms with Gasteiger partial charge in [0.05, 0.1) is 5.56 Å². The molecule has 0 amide bonds. The lowest BCUT2D eigenvalue weighted by molar-refractivity contribution is 0.0982. The number of benzene rings is 1. The number of Topliss-reactive ketones (excluding diaryl/α,β-unsaturated/α-hetero) is 1. The van der Waals surface area contributed by atoms with Crippen LogP contribution in [0.15, 0.2) is 39.9 Å². The molecule has 0 aliphatic heterocycles. The van der Waals surface area contributed by atoms with Crippen LogP contribution < -0.4 is 16.6 Å². The molecule has 0 atom stereocenters. The molecule has 6 nitrogen and oxygen atoms in total. The Bertz CT molecular complexity index is 835. The Morgan fingerprint density at radius 2 is 1.75 bits per heavy atom. The molecule has 0 radical (unpaired) electrons. The lowest BCUT2D eigenvalue weighted by Crippen LogP contribution is -2.40. The zero-order chi connectivity index (χ0) is 17.7. The number of hydrogen-bond donors (Lipinski definition) is 1. The molecule has 0 bridgehead atoms. The molecule has 24 heavy (non-hydrogen) atoms. The summed E-state index contributed by atoms with van der Waals surface area (Å²) in [6.45, 7) is 2.66. The largest absolute Gasteiger partial charge is 0.371 e. The summed E-state index contributed by atoms with van der Waals surface area (Å²) in [6, 6.07) is 9.00. The predicted octanol–water partition coefficient (Wildman–Crippen LogP) is 1.72. The van der Waals surface area contributed by atoms with E-state index in [0.717, 1.165) is 11.0 Å². The number of carbonyl (C=O) groups excluding carboxylic acids is 1. The third-order valence-electron chi connectivity index (χ3n) is 4.00. The maximum Gasteiger partial charge on any atom is 0.332 e. The van der Waals surface area contributed by atoms with Gasteiger partial charge >= 0.3 is 5.69 Å². The lowest BCUT2D eigenvalue weighted by Gasteiger charge is -2.16. The molecular weight excluding hydrogens is 306 g/mol. The second-order valence-corrected chi connectivity index (χ2v) is 5.75. The van der Waals surface area contributed by atoms with Crippen molar-refractivity contribution in [2.24, 2.45) is 14.1 Å². The summed E-state index contributed by atoms with van der Waals surface area (Å²) < 4.78 is 2.51. The van der Waals surface area contributed by atoms with Crippen LogP contribution in [0.25, 0.3) is 0 Å². The van der Waals surface area contributed by atoms with Crippen molar-refractivity contribution in [3.63, 3.8) is 0 Å². The van der Waals surface area contributed by atoms with Gasteiger partial charge in [0.25, 0.3) is 5.56 Å². The van der Waals surface area contributed by atoms with E-state index in [-0.39, 0.29) is 23.5 Å². The molecule has 0 saturated carbocycles. The third kappa shape index (κ3) is 3.64. The number of anilines is 1. The minimum atomic E-state index is -0.378. The minimum Gasteiger partial charge on any atom is -0.371 e. The number of nitrogens with one attached hydrogen (secondary N) is 1. The second-order valence-electron chi connectivity index (χ2n) is 5.75. The van der Waals surface area contributed by atoms with Crippen LogP contribution >= 0.6 is 0 Å². The van der Waals surface area contributed by atoms with E-state index in [2.05, 4.69) is 5.32 Å². The fraction of sp³-hybridized carbons (Fsp3) is 0.389. The first-order chi connectivity index (χ1) is 11.5. The first-order valence-corrected chi connectivity index (χ1v) is 8.08. The van der Waals surface area contributed by atoms with E-state index in [1.165, 1.54) is 11.6 Å². The standard InChI is InChI=1S/C18H23N3O3/c1-4-12-19-16-14(17(23)21(3)18(24)20(16)2)10-11-15(22)13-8-6-5-7-9-13/h5-9,19H,4,10-12H2,1-3H3. The monoisotopic (exact) mass is 329 g/mol. The van der Waals surface area contributed by atoms with Crippen molar-refractivity contribution in [3.8, 4) is 0 Å². The lowest BCUT2D eigenvalue weighted by atomic mass is 10.0. The Kier molecular flexibility index (Phi) is 5.73. The van der Waals surface area contributed by atoms with E-state index in [4.69, 9.17) is 0 Å². The SMILES string of the molecule is CCCNc1c(CCC(=O)c2ccccc2)c(=O)n(C)c(=O)n1C. The Hall–Kier alpha value is -2.63. The van der Waals surface area contributed by atoms with Gasteiger partial charge in [0.1, 0.15) is 5.82 Å². The molecule has 128 valence electrons. The number of hydrogen-bond acceptors (Lipinski definition) is 4. The van der Waals surface area contributed by atoms with Gasteiger partial charge in [-0.1, -0.05) is 37.3 Å². The van der Waals surface area contributed by atoms with Crippen molar-refractivity contribution in [3.05, 3.63) is 62.3 Å². The molecule has 0 fully saturated rings. The van der Waals surface area contributed by atoms with Crippen molar-refractivity contribution < 1.29 is 4.79 Å². The van der Waals surface area contributed by atoms with Crippen LogP contribution in [0.5, 0.6) is 0 Å². The van der Waals surface area contributed by atoms with Gasteiger partial charge in [0.2, 0.25) is 0 Å². The van der Waals surface area contributed by atoms with Crippen LogP contribution in [0.2, 0.25) is 0 Å². The maximum absolute atomic E-state index is 12.5. The zero-order valence-electron chi connectivity index (χ0n) is 14.3. The van der Waals surface area contributed by atoms with Crippen molar-refractivity contribution >= 4 is 11.6 Å². The first-order valence-electron chi connectivity index (χ1n) is 8.08. The van der Waals surface area contributed by atoms with Gasteiger partial charge in [-0.3, -0.25) is 18.7 Å². The average molecular weight is 329 g/mol. The number of carbonyl (C=O) groups is 1. The zero-order valence-corrected chi connectivity index (χ0v) is 14.3. The second kappa shape index (κ2) is 7.77. The smallest absolute Gasteiger partial charge is 0.332 e. The Balaban J connectivity index is 2.33. The average Bonchev–Trinajstić information content (AvgIpc) is 2.61. The van der Waals surface area contributed by atoms with Crippen LogP contribution in [0, 0.1) is 0 Å². The van der Waals surface area contributed by atoms with Crippen molar-refractivity contribution in [1.29, 1.82) is 0 Å². The van der Waals surface area contributed by atoms with Gasteiger partial charge in [-0.15, -0.1) is 0 Å². The Labute approximate surface area is 140 Å². The van der Waals surface area contributed by atoms with Crippen LogP contribution in [0.1, 0.15) is 35.7 Å². The van der Waals surface area contributed by atoms with E-state index in [1.54, 1.807) is 19.2 Å². The van der Waals surface area contributed by atoms with Crippen molar-refractivity contribution in [2.45, 2.75) is 26.2 Å². The molecule has 6 heteroatoms. The minimum absolute atomic E-state index is 0.0204. The summed E-state index contributed by atoms with van der Waals surface area (Å²) >= 11 is 0. The molecule has 0 spiro atoms. The molecule has 2 rings (SSSR count). The molecule has 0 unspecified atom stereocenters. The molecule has 2 aromatic rings. The van der Waals surface area contributed by atoms with Crippen LogP contribution in [-0.2, 0) is 20.5 Å². The van der Waals surface area contributed by atoms with Gasteiger partial charge in [-0.2, -0.15) is 0 Å². The molecule has 1 aromatic carbocycles. The molecule has 1 N–H and O–H groups in total. The third-order valence-corrected chi connectivity index (χ3v) is 4.00. The van der Waals surface area contributed by atoms with Gasteiger partial charge in [0, 0.05) is 32.6 Å². The molecular formula is C18H23N3O3. The van der Waals surface area contributed by atoms with Gasteiger partial charge in [-0.25, -0.2) is 4.79 Å². The van der Waals surface area contributed by atoms with Crippen LogP contribution in [0.4, 0.5) is 5.82 Å². The highest BCUT2D eigenvalue weighted by Crippen LogP contribution is 2.13. The highest BCUT2D eigenvalue weighted by Gasteiger charge is 2.16. The van der Waals surface area contributed by atoms with Crippen molar-refractivity contribution in [2.75, 3.05) is 11.9 Å². The Morgan fingerprint density at radius 3 is 2.38 bits per heavy atom. The number of ketones is 1. The quantitative estimate of drug-likeness (QED) is 0.785. The van der Waals surface area contributed by atoms with E-state index < -0.39 is 0 Å². The summed E-state index contributed by atoms with van der Waals surface area (Å²) in [5.74, 6) is 0.485. The summed E-state index contributed by atoms with van der Waals surface area (Å²) in [6.07, 6.45) is 1.38. The van der Waals surface area contributed by atoms with E-state index in [1.807, 2.05) is 25.1 Å². The van der Waals surface area contributed by atoms with E-state index >= 15 is 0 Å². The number of aromatic nitrogens is 2. The summed E-state index contributed by atoms with van der Waals surface area (Å²) in [7, 11) is 3.08. The molecule has 1 aromatic heterocycles. The fourth-order valence-electron chi connectivity index (χ4n) is 2.61. The summed E-state index contributed by atoms with van der Waals surface area (Å²) in [5.41, 5.74) is 0.369. The van der Waals surface area contributed by atoms with Crippen molar-refractivity contribution in [1.82, 2.24) is 9.13 Å². The summed E-state index contributed by atoms with van der Waals surface area (Å²) in [4.78, 5) is 36.9. The molecule has 0 saturated heterocycles. The topological polar surface area (TPSA) is 73.1 Å². The van der Waals surface area contributed by atoms with E-state index in [9.17, 15) is 14.4 Å². The normalized spacial score (nSPS) is 10.6. The maximum atomic E-state index is 12.5. The Morgan fingerprint density at radius 1 is 1.08 bits per heavy atom. The van der Waals surface area contributed by atoms with Gasteiger partial charge in [-0.05, 0) is 12.8 Å². The molecule has 0 aliphatic rings. The first kappa shape index (κ1) is 17.7. The summed E-state index contributed by atoms with van der Waals surface area (Å²) in [5, 5.41) is 3.14. The molecule has 0 aliphatic carbocycles. The van der Waals surface area contributed by atoms with Crippen LogP contribution in [-0.4, -0.2) is 21.5 Å². The number of rotatable bonds is 7. The van der Waals surface area contributed by atoms with Gasteiger partial charge < -0.3 is 5.32 Å². The fourth-order valence-corrected chi connectivity index (χ4v) is 2.61. The predicted molar refractivity (Wildman–Crippen MR) is 94.8 cm³/mol. The highest BCUT2D eigenvalue weighted by molar-refractivity contribution is 5.96. The number of nitrogens with zero attached hydrogens (tertiary/aromatic N) is 2. The van der Waals surface area contributed by atoms with Gasteiger partial charge in [0.15, 0.2) is 5.78 Å².